The highest BCUT2D eigenvalue weighted by Crippen LogP contribution is 2.20. The molecule has 2 saturated heterocycles. The van der Waals surface area contributed by atoms with E-state index in [4.69, 9.17) is 4.42 Å². The molecule has 0 bridgehead atoms. The summed E-state index contributed by atoms with van der Waals surface area (Å²) in [5.74, 6) is 0.978. The molecule has 28 heavy (non-hydrogen) atoms. The lowest BCUT2D eigenvalue weighted by molar-refractivity contribution is -0.126. The standard InChI is InChI=1S/C21H26N4O3/c26-20(17-5-3-11-25(15-17)21(27)18-6-4-12-28-18)23-14-16-7-8-19(22-13-16)24-9-1-2-10-24/h4,6-8,12-13,17H,1-3,5,9-11,14-15H2,(H,23,26). The summed E-state index contributed by atoms with van der Waals surface area (Å²) in [6.45, 7) is 3.67. The molecule has 4 rings (SSSR count). The van der Waals surface area contributed by atoms with Crippen molar-refractivity contribution < 1.29 is 14.0 Å². The Morgan fingerprint density at radius 3 is 2.71 bits per heavy atom. The second-order valence-electron chi connectivity index (χ2n) is 7.50. The number of likely N-dealkylation sites (tertiary alicyclic amines) is 1. The molecule has 0 radical (unpaired) electrons. The monoisotopic (exact) mass is 382 g/mol. The third kappa shape index (κ3) is 4.18. The van der Waals surface area contributed by atoms with E-state index in [1.54, 1.807) is 17.0 Å². The average Bonchev–Trinajstić information content (AvgIpc) is 3.46. The Kier molecular flexibility index (Phi) is 5.60. The van der Waals surface area contributed by atoms with Gasteiger partial charge in [0, 0.05) is 38.9 Å². The summed E-state index contributed by atoms with van der Waals surface area (Å²) in [4.78, 5) is 33.6. The summed E-state index contributed by atoms with van der Waals surface area (Å²) in [7, 11) is 0. The minimum Gasteiger partial charge on any atom is -0.459 e. The summed E-state index contributed by atoms with van der Waals surface area (Å²) in [5.41, 5.74) is 0.982. The summed E-state index contributed by atoms with van der Waals surface area (Å²) in [5, 5.41) is 3.00. The maximum Gasteiger partial charge on any atom is 0.289 e. The van der Waals surface area contributed by atoms with Crippen molar-refractivity contribution >= 4 is 17.6 Å². The molecule has 2 aromatic heterocycles. The first kappa shape index (κ1) is 18.5. The van der Waals surface area contributed by atoms with Gasteiger partial charge in [-0.25, -0.2) is 4.98 Å². The SMILES string of the molecule is O=C(NCc1ccc(N2CCCC2)nc1)C1CCCN(C(=O)c2ccco2)C1. The number of rotatable bonds is 5. The molecule has 2 amide bonds. The van der Waals surface area contributed by atoms with Crippen LogP contribution in [-0.4, -0.2) is 47.9 Å². The Balaban J connectivity index is 1.29. The lowest BCUT2D eigenvalue weighted by Crippen LogP contribution is -2.45. The first-order chi connectivity index (χ1) is 13.7. The van der Waals surface area contributed by atoms with Gasteiger partial charge in [0.05, 0.1) is 12.2 Å². The molecule has 0 spiro atoms. The van der Waals surface area contributed by atoms with E-state index in [1.165, 1.54) is 19.1 Å². The van der Waals surface area contributed by atoms with Crippen LogP contribution < -0.4 is 10.2 Å². The van der Waals surface area contributed by atoms with Gasteiger partial charge in [-0.05, 0) is 49.4 Å². The minimum absolute atomic E-state index is 0.0134. The van der Waals surface area contributed by atoms with E-state index in [0.29, 0.717) is 25.4 Å². The molecule has 1 atom stereocenters. The zero-order valence-electron chi connectivity index (χ0n) is 16.0. The number of carbonyl (C=O) groups excluding carboxylic acids is 2. The third-order valence-corrected chi connectivity index (χ3v) is 5.52. The quantitative estimate of drug-likeness (QED) is 0.859. The highest BCUT2D eigenvalue weighted by Gasteiger charge is 2.29. The summed E-state index contributed by atoms with van der Waals surface area (Å²) in [6.07, 6.45) is 7.38. The van der Waals surface area contributed by atoms with Crippen molar-refractivity contribution in [3.8, 4) is 0 Å². The Bertz CT molecular complexity index is 798. The Hall–Kier alpha value is -2.83. The fourth-order valence-corrected chi connectivity index (χ4v) is 3.92. The van der Waals surface area contributed by atoms with Crippen LogP contribution in [0.15, 0.2) is 41.1 Å². The number of hydrogen-bond donors (Lipinski definition) is 1. The van der Waals surface area contributed by atoms with E-state index in [-0.39, 0.29) is 17.7 Å². The number of anilines is 1. The van der Waals surface area contributed by atoms with Crippen molar-refractivity contribution in [1.82, 2.24) is 15.2 Å². The molecule has 2 aliphatic rings. The van der Waals surface area contributed by atoms with Crippen LogP contribution in [0.1, 0.15) is 41.8 Å². The molecule has 148 valence electrons. The number of aromatic nitrogens is 1. The second-order valence-corrected chi connectivity index (χ2v) is 7.50. The minimum atomic E-state index is -0.190. The van der Waals surface area contributed by atoms with Gasteiger partial charge < -0.3 is 19.5 Å². The fourth-order valence-electron chi connectivity index (χ4n) is 3.92. The molecule has 1 unspecified atom stereocenters. The van der Waals surface area contributed by atoms with Gasteiger partial charge in [0.25, 0.3) is 5.91 Å². The molecular weight excluding hydrogens is 356 g/mol. The normalized spacial score (nSPS) is 19.6. The number of nitrogens with zero attached hydrogens (tertiary/aromatic N) is 3. The van der Waals surface area contributed by atoms with Gasteiger partial charge in [0.2, 0.25) is 5.91 Å². The number of piperidine rings is 1. The highest BCUT2D eigenvalue weighted by molar-refractivity contribution is 5.92. The average molecular weight is 382 g/mol. The molecule has 7 heteroatoms. The number of hydrogen-bond acceptors (Lipinski definition) is 5. The van der Waals surface area contributed by atoms with Crippen molar-refractivity contribution in [2.24, 2.45) is 5.92 Å². The van der Waals surface area contributed by atoms with E-state index in [0.717, 1.165) is 37.3 Å². The molecule has 1 N–H and O–H groups in total. The van der Waals surface area contributed by atoms with E-state index >= 15 is 0 Å². The Morgan fingerprint density at radius 1 is 1.14 bits per heavy atom. The van der Waals surface area contributed by atoms with Crippen molar-refractivity contribution in [1.29, 1.82) is 0 Å². The number of nitrogens with one attached hydrogen (secondary N) is 1. The Labute approximate surface area is 164 Å². The van der Waals surface area contributed by atoms with Gasteiger partial charge in [-0.1, -0.05) is 6.07 Å². The topological polar surface area (TPSA) is 78.7 Å². The van der Waals surface area contributed by atoms with Crippen LogP contribution in [-0.2, 0) is 11.3 Å². The molecule has 4 heterocycles. The predicted molar refractivity (Wildman–Crippen MR) is 105 cm³/mol. The van der Waals surface area contributed by atoms with Crippen LogP contribution >= 0.6 is 0 Å². The number of carbonyl (C=O) groups is 2. The van der Waals surface area contributed by atoms with Gasteiger partial charge in [-0.15, -0.1) is 0 Å². The fraction of sp³-hybridized carbons (Fsp3) is 0.476. The van der Waals surface area contributed by atoms with Gasteiger partial charge in [-0.3, -0.25) is 9.59 Å². The maximum atomic E-state index is 12.6. The van der Waals surface area contributed by atoms with Crippen molar-refractivity contribution in [2.45, 2.75) is 32.2 Å². The molecule has 2 aliphatic heterocycles. The predicted octanol–water partition coefficient (Wildman–Crippen LogP) is 2.44. The number of furan rings is 1. The van der Waals surface area contributed by atoms with Crippen molar-refractivity contribution in [3.05, 3.63) is 48.0 Å². The molecule has 0 saturated carbocycles. The molecule has 7 nitrogen and oxygen atoms in total. The summed E-state index contributed by atoms with van der Waals surface area (Å²) in [6, 6.07) is 7.40. The first-order valence-electron chi connectivity index (χ1n) is 10.0. The molecule has 2 aromatic rings. The molecule has 0 aliphatic carbocycles. The van der Waals surface area contributed by atoms with Crippen LogP contribution in [0.5, 0.6) is 0 Å². The Morgan fingerprint density at radius 2 is 2.00 bits per heavy atom. The van der Waals surface area contributed by atoms with E-state index < -0.39 is 0 Å². The zero-order chi connectivity index (χ0) is 19.3. The second kappa shape index (κ2) is 8.46. The molecule has 2 fully saturated rings. The van der Waals surface area contributed by atoms with Crippen LogP contribution in [0, 0.1) is 5.92 Å². The van der Waals surface area contributed by atoms with Crippen LogP contribution in [0.4, 0.5) is 5.82 Å². The van der Waals surface area contributed by atoms with Gasteiger partial charge >= 0.3 is 0 Å². The van der Waals surface area contributed by atoms with Crippen molar-refractivity contribution in [2.75, 3.05) is 31.1 Å². The lowest BCUT2D eigenvalue weighted by atomic mass is 9.97. The summed E-state index contributed by atoms with van der Waals surface area (Å²) < 4.78 is 5.19. The smallest absolute Gasteiger partial charge is 0.289 e. The van der Waals surface area contributed by atoms with E-state index in [1.807, 2.05) is 18.3 Å². The maximum absolute atomic E-state index is 12.6. The van der Waals surface area contributed by atoms with Gasteiger partial charge in [0.15, 0.2) is 5.76 Å². The third-order valence-electron chi connectivity index (χ3n) is 5.52. The van der Waals surface area contributed by atoms with Crippen LogP contribution in [0.3, 0.4) is 0 Å². The largest absolute Gasteiger partial charge is 0.459 e. The lowest BCUT2D eigenvalue weighted by Gasteiger charge is -2.31. The van der Waals surface area contributed by atoms with Crippen LogP contribution in [0.2, 0.25) is 0 Å². The first-order valence-corrected chi connectivity index (χ1v) is 10.0. The highest BCUT2D eigenvalue weighted by atomic mass is 16.3. The molecular formula is C21H26N4O3. The summed E-state index contributed by atoms with van der Waals surface area (Å²) >= 11 is 0. The van der Waals surface area contributed by atoms with Crippen molar-refractivity contribution in [3.63, 3.8) is 0 Å². The number of amides is 2. The zero-order valence-corrected chi connectivity index (χ0v) is 16.0. The number of pyridine rings is 1. The van der Waals surface area contributed by atoms with Gasteiger partial charge in [-0.2, -0.15) is 0 Å². The molecule has 0 aromatic carbocycles. The van der Waals surface area contributed by atoms with E-state index in [9.17, 15) is 9.59 Å². The van der Waals surface area contributed by atoms with Gasteiger partial charge in [0.1, 0.15) is 5.82 Å². The van der Waals surface area contributed by atoms with Crippen LogP contribution in [0.25, 0.3) is 0 Å². The van der Waals surface area contributed by atoms with E-state index in [2.05, 4.69) is 15.2 Å².